The minimum absolute atomic E-state index is 0.535. The van der Waals surface area contributed by atoms with Crippen LogP contribution in [0.1, 0.15) is 22.4 Å². The molecule has 0 aliphatic rings. The van der Waals surface area contributed by atoms with Gasteiger partial charge in [0.25, 0.3) is 0 Å². The number of rotatable bonds is 4. The van der Waals surface area contributed by atoms with E-state index in [2.05, 4.69) is 46.6 Å². The number of anilines is 4. The van der Waals surface area contributed by atoms with Gasteiger partial charge in [-0.1, -0.05) is 18.2 Å². The summed E-state index contributed by atoms with van der Waals surface area (Å²) in [6.07, 6.45) is 0. The predicted octanol–water partition coefficient (Wildman–Crippen LogP) is 4.76. The Balaban J connectivity index is 1.87. The van der Waals surface area contributed by atoms with Crippen molar-refractivity contribution in [3.05, 3.63) is 70.9 Å². The molecule has 0 saturated carbocycles. The minimum atomic E-state index is 0.535. The second kappa shape index (κ2) is 7.02. The molecular formula is C20H19N5. The maximum Gasteiger partial charge on any atom is 0.229 e. The van der Waals surface area contributed by atoms with Crippen molar-refractivity contribution in [2.24, 2.45) is 0 Å². The molecule has 1 aromatic heterocycles. The van der Waals surface area contributed by atoms with Gasteiger partial charge in [-0.05, 0) is 56.2 Å². The Morgan fingerprint density at radius 3 is 2.52 bits per heavy atom. The van der Waals surface area contributed by atoms with Crippen molar-refractivity contribution in [3.63, 3.8) is 0 Å². The zero-order valence-corrected chi connectivity index (χ0v) is 14.5. The van der Waals surface area contributed by atoms with Crippen molar-refractivity contribution in [3.8, 4) is 6.07 Å². The van der Waals surface area contributed by atoms with Crippen LogP contribution in [0.4, 0.5) is 23.1 Å². The molecule has 3 rings (SSSR count). The van der Waals surface area contributed by atoms with Gasteiger partial charge < -0.3 is 10.6 Å². The van der Waals surface area contributed by atoms with Crippen molar-refractivity contribution in [2.45, 2.75) is 20.8 Å². The number of aryl methyl sites for hydroxylation is 2. The van der Waals surface area contributed by atoms with Gasteiger partial charge >= 0.3 is 0 Å². The van der Waals surface area contributed by atoms with Crippen LogP contribution in [0.2, 0.25) is 0 Å². The number of nitrogens with one attached hydrogen (secondary N) is 2. The molecule has 2 aromatic carbocycles. The van der Waals surface area contributed by atoms with E-state index >= 15 is 0 Å². The van der Waals surface area contributed by atoms with Crippen LogP contribution in [-0.2, 0) is 0 Å². The van der Waals surface area contributed by atoms with Crippen molar-refractivity contribution in [1.82, 2.24) is 9.97 Å². The number of nitriles is 1. The van der Waals surface area contributed by atoms with Crippen LogP contribution in [0.5, 0.6) is 0 Å². The zero-order chi connectivity index (χ0) is 17.8. The van der Waals surface area contributed by atoms with Gasteiger partial charge in [-0.25, -0.2) is 4.98 Å². The van der Waals surface area contributed by atoms with Crippen LogP contribution in [0.3, 0.4) is 0 Å². The molecule has 124 valence electrons. The Hall–Kier alpha value is -3.39. The van der Waals surface area contributed by atoms with Crippen molar-refractivity contribution in [1.29, 1.82) is 5.26 Å². The summed E-state index contributed by atoms with van der Waals surface area (Å²) in [6.45, 7) is 6.07. The Bertz CT molecular complexity index is 957. The number of hydrogen-bond acceptors (Lipinski definition) is 5. The first-order valence-electron chi connectivity index (χ1n) is 8.01. The average Bonchev–Trinajstić information content (AvgIpc) is 2.59. The van der Waals surface area contributed by atoms with Gasteiger partial charge in [-0.15, -0.1) is 0 Å². The largest absolute Gasteiger partial charge is 0.340 e. The fourth-order valence-electron chi connectivity index (χ4n) is 2.51. The average molecular weight is 329 g/mol. The molecule has 0 fully saturated rings. The van der Waals surface area contributed by atoms with Crippen LogP contribution < -0.4 is 10.6 Å². The molecule has 0 atom stereocenters. The molecule has 1 heterocycles. The Labute approximate surface area is 147 Å². The molecule has 0 unspecified atom stereocenters. The molecule has 0 bridgehead atoms. The van der Waals surface area contributed by atoms with Crippen LogP contribution in [0.15, 0.2) is 48.5 Å². The van der Waals surface area contributed by atoms with E-state index in [1.54, 1.807) is 12.1 Å². The fourth-order valence-corrected chi connectivity index (χ4v) is 2.51. The quantitative estimate of drug-likeness (QED) is 0.722. The predicted molar refractivity (Wildman–Crippen MR) is 100 cm³/mol. The van der Waals surface area contributed by atoms with Crippen molar-refractivity contribution >= 4 is 23.1 Å². The van der Waals surface area contributed by atoms with E-state index in [9.17, 15) is 0 Å². The molecule has 5 heteroatoms. The van der Waals surface area contributed by atoms with E-state index in [0.29, 0.717) is 17.3 Å². The SMILES string of the molecule is Cc1cc(Nc2cccc(C#N)c2)nc(Nc2cccc(C)c2C)n1. The first-order valence-corrected chi connectivity index (χ1v) is 8.01. The Morgan fingerprint density at radius 2 is 1.72 bits per heavy atom. The highest BCUT2D eigenvalue weighted by atomic mass is 15.1. The maximum atomic E-state index is 9.02. The van der Waals surface area contributed by atoms with E-state index in [1.807, 2.05) is 37.3 Å². The highest BCUT2D eigenvalue weighted by Crippen LogP contribution is 2.23. The second-order valence-electron chi connectivity index (χ2n) is 5.91. The summed E-state index contributed by atoms with van der Waals surface area (Å²) in [5.41, 5.74) is 5.64. The summed E-state index contributed by atoms with van der Waals surface area (Å²) in [5.74, 6) is 1.21. The molecule has 3 aromatic rings. The topological polar surface area (TPSA) is 73.6 Å². The molecule has 0 radical (unpaired) electrons. The van der Waals surface area contributed by atoms with Crippen LogP contribution in [0, 0.1) is 32.1 Å². The lowest BCUT2D eigenvalue weighted by molar-refractivity contribution is 1.10. The third-order valence-electron chi connectivity index (χ3n) is 3.97. The molecule has 0 spiro atoms. The summed E-state index contributed by atoms with van der Waals surface area (Å²) >= 11 is 0. The normalized spacial score (nSPS) is 10.2. The summed E-state index contributed by atoms with van der Waals surface area (Å²) < 4.78 is 0. The van der Waals surface area contributed by atoms with Crippen molar-refractivity contribution < 1.29 is 0 Å². The Morgan fingerprint density at radius 1 is 0.920 bits per heavy atom. The molecule has 0 saturated heterocycles. The maximum absolute atomic E-state index is 9.02. The number of aromatic nitrogens is 2. The Kier molecular flexibility index (Phi) is 4.62. The lowest BCUT2D eigenvalue weighted by Crippen LogP contribution is -2.03. The number of benzene rings is 2. The zero-order valence-electron chi connectivity index (χ0n) is 14.5. The number of nitrogens with zero attached hydrogens (tertiary/aromatic N) is 3. The molecule has 5 nitrogen and oxygen atoms in total. The highest BCUT2D eigenvalue weighted by Gasteiger charge is 2.06. The fraction of sp³-hybridized carbons (Fsp3) is 0.150. The summed E-state index contributed by atoms with van der Waals surface area (Å²) in [4.78, 5) is 8.99. The van der Waals surface area contributed by atoms with Crippen LogP contribution >= 0.6 is 0 Å². The van der Waals surface area contributed by atoms with E-state index in [1.165, 1.54) is 11.1 Å². The van der Waals surface area contributed by atoms with Gasteiger partial charge in [0, 0.05) is 23.1 Å². The molecular weight excluding hydrogens is 310 g/mol. The highest BCUT2D eigenvalue weighted by molar-refractivity contribution is 5.63. The van der Waals surface area contributed by atoms with Crippen molar-refractivity contribution in [2.75, 3.05) is 10.6 Å². The molecule has 0 aliphatic heterocycles. The summed E-state index contributed by atoms with van der Waals surface area (Å²) in [6, 6.07) is 17.4. The van der Waals surface area contributed by atoms with Gasteiger partial charge in [-0.2, -0.15) is 10.2 Å². The lowest BCUT2D eigenvalue weighted by Gasteiger charge is -2.12. The van der Waals surface area contributed by atoms with Crippen LogP contribution in [0.25, 0.3) is 0 Å². The molecule has 0 amide bonds. The van der Waals surface area contributed by atoms with Gasteiger partial charge in [0.2, 0.25) is 5.95 Å². The van der Waals surface area contributed by atoms with E-state index < -0.39 is 0 Å². The first-order chi connectivity index (χ1) is 12.0. The van der Waals surface area contributed by atoms with Gasteiger partial charge in [0.05, 0.1) is 11.6 Å². The third kappa shape index (κ3) is 3.93. The number of hydrogen-bond donors (Lipinski definition) is 2. The standard InChI is InChI=1S/C20H19N5/c1-13-6-4-9-18(15(13)3)24-20-22-14(2)10-19(25-20)23-17-8-5-7-16(11-17)12-21/h4-11H,1-3H3,(H2,22,23,24,25). The lowest BCUT2D eigenvalue weighted by atomic mass is 10.1. The summed E-state index contributed by atoms with van der Waals surface area (Å²) in [5, 5.41) is 15.5. The van der Waals surface area contributed by atoms with Gasteiger partial charge in [0.15, 0.2) is 0 Å². The van der Waals surface area contributed by atoms with E-state index in [4.69, 9.17) is 5.26 Å². The third-order valence-corrected chi connectivity index (χ3v) is 3.97. The monoisotopic (exact) mass is 329 g/mol. The minimum Gasteiger partial charge on any atom is -0.340 e. The van der Waals surface area contributed by atoms with Gasteiger partial charge in [-0.3, -0.25) is 0 Å². The van der Waals surface area contributed by atoms with E-state index in [-0.39, 0.29) is 0 Å². The van der Waals surface area contributed by atoms with Crippen LogP contribution in [-0.4, -0.2) is 9.97 Å². The first kappa shape index (κ1) is 16.5. The molecule has 2 N–H and O–H groups in total. The van der Waals surface area contributed by atoms with Gasteiger partial charge in [0.1, 0.15) is 5.82 Å². The molecule has 25 heavy (non-hydrogen) atoms. The smallest absolute Gasteiger partial charge is 0.229 e. The molecule has 0 aliphatic carbocycles. The second-order valence-corrected chi connectivity index (χ2v) is 5.91. The summed E-state index contributed by atoms with van der Waals surface area (Å²) in [7, 11) is 0. The van der Waals surface area contributed by atoms with E-state index in [0.717, 1.165) is 17.1 Å².